The van der Waals surface area contributed by atoms with Crippen molar-refractivity contribution in [2.45, 2.75) is 20.0 Å². The van der Waals surface area contributed by atoms with Crippen LogP contribution in [-0.2, 0) is 9.53 Å². The molecule has 0 radical (unpaired) electrons. The van der Waals surface area contributed by atoms with Gasteiger partial charge < -0.3 is 9.84 Å². The summed E-state index contributed by atoms with van der Waals surface area (Å²) in [7, 11) is 0. The zero-order chi connectivity index (χ0) is 9.56. The zero-order valence-corrected chi connectivity index (χ0v) is 7.41. The molecule has 0 spiro atoms. The Balaban J connectivity index is 3.83. The summed E-state index contributed by atoms with van der Waals surface area (Å²) in [4.78, 5) is 10.7. The Morgan fingerprint density at radius 1 is 1.75 bits per heavy atom. The van der Waals surface area contributed by atoms with E-state index in [1.54, 1.807) is 12.2 Å². The Bertz CT molecular complexity index is 192. The van der Waals surface area contributed by atoms with Crippen molar-refractivity contribution in [1.29, 1.82) is 0 Å². The summed E-state index contributed by atoms with van der Waals surface area (Å²) in [6.07, 6.45) is 2.34. The van der Waals surface area contributed by atoms with Crippen LogP contribution in [0.15, 0.2) is 24.3 Å². The van der Waals surface area contributed by atoms with E-state index in [2.05, 4.69) is 6.58 Å². The van der Waals surface area contributed by atoms with Crippen LogP contribution in [-0.4, -0.2) is 23.8 Å². The van der Waals surface area contributed by atoms with E-state index >= 15 is 0 Å². The van der Waals surface area contributed by atoms with Gasteiger partial charge in [0.25, 0.3) is 0 Å². The van der Waals surface area contributed by atoms with Gasteiger partial charge in [0.15, 0.2) is 0 Å². The van der Waals surface area contributed by atoms with Gasteiger partial charge in [-0.3, -0.25) is 0 Å². The van der Waals surface area contributed by atoms with E-state index in [1.807, 2.05) is 6.92 Å². The molecule has 3 heteroatoms. The Morgan fingerprint density at radius 2 is 2.33 bits per heavy atom. The number of hydrogen-bond acceptors (Lipinski definition) is 3. The minimum Gasteiger partial charge on any atom is -0.459 e. The molecule has 0 aliphatic heterocycles. The molecule has 0 unspecified atom stereocenters. The first kappa shape index (κ1) is 10.9. The molecule has 0 aliphatic rings. The number of allylic oxidation sites excluding steroid dienone is 1. The summed E-state index contributed by atoms with van der Waals surface area (Å²) in [6, 6.07) is 0. The van der Waals surface area contributed by atoms with Crippen LogP contribution in [0.1, 0.15) is 13.8 Å². The van der Waals surface area contributed by atoms with Gasteiger partial charge in [0, 0.05) is 0 Å². The van der Waals surface area contributed by atoms with Crippen molar-refractivity contribution in [2.24, 2.45) is 0 Å². The third kappa shape index (κ3) is 3.93. The second kappa shape index (κ2) is 5.55. The van der Waals surface area contributed by atoms with Crippen molar-refractivity contribution < 1.29 is 14.6 Å². The van der Waals surface area contributed by atoms with Crippen LogP contribution >= 0.6 is 0 Å². The van der Waals surface area contributed by atoms with Crippen LogP contribution in [0.3, 0.4) is 0 Å². The minimum absolute atomic E-state index is 0.170. The van der Waals surface area contributed by atoms with E-state index < -0.39 is 12.1 Å². The van der Waals surface area contributed by atoms with Gasteiger partial charge in [0.05, 0.1) is 0 Å². The molecule has 3 nitrogen and oxygen atoms in total. The third-order valence-corrected chi connectivity index (χ3v) is 1.36. The van der Waals surface area contributed by atoms with Gasteiger partial charge in [-0.05, 0) is 19.4 Å². The number of aliphatic hydroxyl groups is 1. The van der Waals surface area contributed by atoms with E-state index in [9.17, 15) is 4.79 Å². The maximum atomic E-state index is 10.7. The Morgan fingerprint density at radius 3 is 2.67 bits per heavy atom. The average Bonchev–Trinajstić information content (AvgIpc) is 2.05. The monoisotopic (exact) mass is 170 g/mol. The van der Waals surface area contributed by atoms with Gasteiger partial charge in [-0.2, -0.15) is 0 Å². The predicted octanol–water partition coefficient (Wildman–Crippen LogP) is 1.04. The molecule has 0 aromatic rings. The van der Waals surface area contributed by atoms with E-state index in [1.165, 1.54) is 6.92 Å². The largest absolute Gasteiger partial charge is 0.459 e. The number of carbonyl (C=O) groups is 1. The molecule has 0 fully saturated rings. The number of hydrogen-bond donors (Lipinski definition) is 1. The summed E-state index contributed by atoms with van der Waals surface area (Å²) in [5, 5.41) is 8.76. The Labute approximate surface area is 72.3 Å². The maximum absolute atomic E-state index is 10.7. The number of esters is 1. The zero-order valence-electron chi connectivity index (χ0n) is 7.41. The Kier molecular flexibility index (Phi) is 5.04. The standard InChI is InChI=1S/C9H14O3/c1-4-8(5-2)6-12-9(11)7(3)10/h4-5,7,10H,1,6H2,2-3H3/b8-5+/t7-/m0/s1. The first-order valence-corrected chi connectivity index (χ1v) is 3.74. The van der Waals surface area contributed by atoms with Gasteiger partial charge in [0.1, 0.15) is 12.7 Å². The first-order chi connectivity index (χ1) is 5.61. The molecule has 0 amide bonds. The van der Waals surface area contributed by atoms with Crippen molar-refractivity contribution >= 4 is 5.97 Å². The van der Waals surface area contributed by atoms with Crippen molar-refractivity contribution in [2.75, 3.05) is 6.61 Å². The molecule has 0 bridgehead atoms. The molecule has 0 saturated heterocycles. The summed E-state index contributed by atoms with van der Waals surface area (Å²) in [6.45, 7) is 6.90. The topological polar surface area (TPSA) is 46.5 Å². The van der Waals surface area contributed by atoms with Crippen LogP contribution in [0.5, 0.6) is 0 Å². The number of ether oxygens (including phenoxy) is 1. The highest BCUT2D eigenvalue weighted by atomic mass is 16.5. The van der Waals surface area contributed by atoms with Crippen LogP contribution in [0.2, 0.25) is 0 Å². The molecule has 0 saturated carbocycles. The highest BCUT2D eigenvalue weighted by Crippen LogP contribution is 1.97. The van der Waals surface area contributed by atoms with E-state index in [-0.39, 0.29) is 6.61 Å². The van der Waals surface area contributed by atoms with Crippen LogP contribution < -0.4 is 0 Å². The lowest BCUT2D eigenvalue weighted by atomic mass is 10.3. The molecule has 68 valence electrons. The predicted molar refractivity (Wildman–Crippen MR) is 46.6 cm³/mol. The second-order valence-electron chi connectivity index (χ2n) is 2.35. The van der Waals surface area contributed by atoms with Gasteiger partial charge in [-0.1, -0.05) is 18.7 Å². The minimum atomic E-state index is -1.06. The maximum Gasteiger partial charge on any atom is 0.334 e. The fourth-order valence-electron chi connectivity index (χ4n) is 0.535. The third-order valence-electron chi connectivity index (χ3n) is 1.36. The molecular formula is C9H14O3. The van der Waals surface area contributed by atoms with Gasteiger partial charge in [-0.25, -0.2) is 4.79 Å². The van der Waals surface area contributed by atoms with Gasteiger partial charge >= 0.3 is 5.97 Å². The second-order valence-corrected chi connectivity index (χ2v) is 2.35. The molecule has 0 aliphatic carbocycles. The van der Waals surface area contributed by atoms with Crippen molar-refractivity contribution in [3.8, 4) is 0 Å². The lowest BCUT2D eigenvalue weighted by Crippen LogP contribution is -2.20. The van der Waals surface area contributed by atoms with E-state index in [0.717, 1.165) is 5.57 Å². The average molecular weight is 170 g/mol. The fourth-order valence-corrected chi connectivity index (χ4v) is 0.535. The summed E-state index contributed by atoms with van der Waals surface area (Å²) in [5.41, 5.74) is 0.823. The molecule has 12 heavy (non-hydrogen) atoms. The normalized spacial score (nSPS) is 13.8. The van der Waals surface area contributed by atoms with E-state index in [4.69, 9.17) is 9.84 Å². The van der Waals surface area contributed by atoms with Crippen LogP contribution in [0.4, 0.5) is 0 Å². The number of carbonyl (C=O) groups excluding carboxylic acids is 1. The van der Waals surface area contributed by atoms with E-state index in [0.29, 0.717) is 0 Å². The van der Waals surface area contributed by atoms with Crippen molar-refractivity contribution in [1.82, 2.24) is 0 Å². The molecule has 0 heterocycles. The van der Waals surface area contributed by atoms with Gasteiger partial charge in [0.2, 0.25) is 0 Å². The highest BCUT2D eigenvalue weighted by Gasteiger charge is 2.09. The lowest BCUT2D eigenvalue weighted by Gasteiger charge is -2.06. The SMILES string of the molecule is C=C/C(=C\C)COC(=O)[C@H](C)O. The first-order valence-electron chi connectivity index (χ1n) is 3.74. The summed E-state index contributed by atoms with van der Waals surface area (Å²) < 4.78 is 4.72. The Hall–Kier alpha value is -1.09. The molecule has 0 aromatic heterocycles. The smallest absolute Gasteiger partial charge is 0.334 e. The van der Waals surface area contributed by atoms with Crippen molar-refractivity contribution in [3.05, 3.63) is 24.3 Å². The van der Waals surface area contributed by atoms with Crippen LogP contribution in [0, 0.1) is 0 Å². The number of aliphatic hydroxyl groups excluding tert-OH is 1. The van der Waals surface area contributed by atoms with Gasteiger partial charge in [-0.15, -0.1) is 0 Å². The lowest BCUT2D eigenvalue weighted by molar-refractivity contribution is -0.151. The van der Waals surface area contributed by atoms with Crippen molar-refractivity contribution in [3.63, 3.8) is 0 Å². The highest BCUT2D eigenvalue weighted by molar-refractivity contribution is 5.73. The summed E-state index contributed by atoms with van der Waals surface area (Å²) in [5.74, 6) is -0.615. The molecule has 1 N–H and O–H groups in total. The fraction of sp³-hybridized carbons (Fsp3) is 0.444. The van der Waals surface area contributed by atoms with Crippen LogP contribution in [0.25, 0.3) is 0 Å². The molecule has 1 atom stereocenters. The summed E-state index contributed by atoms with van der Waals surface area (Å²) >= 11 is 0. The quantitative estimate of drug-likeness (QED) is 0.506. The molecule has 0 rings (SSSR count). The molecular weight excluding hydrogens is 156 g/mol. The number of rotatable bonds is 4. The molecule has 0 aromatic carbocycles.